The fourth-order valence-corrected chi connectivity index (χ4v) is 5.97. The number of rotatable bonds is 5. The molecule has 1 aromatic carbocycles. The van der Waals surface area contributed by atoms with Crippen LogP contribution in [0.4, 0.5) is 0 Å². The number of thiocarbonyl (C=S) groups is 1. The zero-order valence-corrected chi connectivity index (χ0v) is 19.7. The molecule has 2 atom stereocenters. The van der Waals surface area contributed by atoms with Gasteiger partial charge < -0.3 is 19.9 Å². The highest BCUT2D eigenvalue weighted by Crippen LogP contribution is 2.44. The van der Waals surface area contributed by atoms with Gasteiger partial charge in [0.15, 0.2) is 5.11 Å². The monoisotopic (exact) mass is 460 g/mol. The molecule has 2 aromatic heterocycles. The lowest BCUT2D eigenvalue weighted by Gasteiger charge is -2.33. The van der Waals surface area contributed by atoms with Gasteiger partial charge >= 0.3 is 5.97 Å². The third-order valence-corrected chi connectivity index (χ3v) is 7.35. The SMILES string of the molecule is Cc1cc(C2C(c3ccccn3)NC(=S)N2C2CCCC2)c(C)n1-c1ccccc1C(=O)O. The lowest BCUT2D eigenvalue weighted by Crippen LogP contribution is -2.37. The molecule has 33 heavy (non-hydrogen) atoms. The lowest BCUT2D eigenvalue weighted by atomic mass is 9.95. The number of aromatic nitrogens is 2. The maximum absolute atomic E-state index is 11.9. The molecule has 1 saturated heterocycles. The molecular weight excluding hydrogens is 432 g/mol. The Morgan fingerprint density at radius 1 is 1.12 bits per heavy atom. The van der Waals surface area contributed by atoms with E-state index in [1.54, 1.807) is 12.1 Å². The number of aryl methyl sites for hydroxylation is 1. The minimum atomic E-state index is -0.928. The van der Waals surface area contributed by atoms with Crippen LogP contribution < -0.4 is 5.32 Å². The number of carboxylic acid groups (broad SMARTS) is 1. The summed E-state index contributed by atoms with van der Waals surface area (Å²) in [6.07, 6.45) is 6.52. The summed E-state index contributed by atoms with van der Waals surface area (Å²) in [5, 5.41) is 14.1. The van der Waals surface area contributed by atoms with Crippen LogP contribution >= 0.6 is 12.2 Å². The van der Waals surface area contributed by atoms with Crippen LogP contribution in [0, 0.1) is 13.8 Å². The van der Waals surface area contributed by atoms with Gasteiger partial charge in [0, 0.05) is 23.6 Å². The molecule has 1 saturated carbocycles. The van der Waals surface area contributed by atoms with Gasteiger partial charge in [0.2, 0.25) is 0 Å². The number of nitrogens with zero attached hydrogens (tertiary/aromatic N) is 3. The molecule has 2 unspecified atom stereocenters. The molecule has 2 aliphatic rings. The van der Waals surface area contributed by atoms with Crippen LogP contribution in [0.3, 0.4) is 0 Å². The summed E-state index contributed by atoms with van der Waals surface area (Å²) in [5.41, 5.74) is 5.12. The maximum atomic E-state index is 11.9. The van der Waals surface area contributed by atoms with E-state index in [2.05, 4.69) is 32.8 Å². The Kier molecular flexibility index (Phi) is 5.66. The third kappa shape index (κ3) is 3.70. The third-order valence-electron chi connectivity index (χ3n) is 7.02. The fraction of sp³-hybridized carbons (Fsp3) is 0.346. The summed E-state index contributed by atoms with van der Waals surface area (Å²) in [6.45, 7) is 4.11. The van der Waals surface area contributed by atoms with Crippen LogP contribution in [0.15, 0.2) is 54.7 Å². The van der Waals surface area contributed by atoms with Crippen molar-refractivity contribution in [2.75, 3.05) is 0 Å². The van der Waals surface area contributed by atoms with Crippen molar-refractivity contribution >= 4 is 23.3 Å². The number of carboxylic acids is 1. The number of hydrogen-bond acceptors (Lipinski definition) is 3. The number of pyridine rings is 1. The van der Waals surface area contributed by atoms with Gasteiger partial charge in [-0.3, -0.25) is 4.98 Å². The highest BCUT2D eigenvalue weighted by Gasteiger charge is 2.44. The van der Waals surface area contributed by atoms with E-state index >= 15 is 0 Å². The summed E-state index contributed by atoms with van der Waals surface area (Å²) in [4.78, 5) is 19.0. The minimum Gasteiger partial charge on any atom is -0.478 e. The second-order valence-corrected chi connectivity index (χ2v) is 9.34. The highest BCUT2D eigenvalue weighted by atomic mass is 32.1. The molecule has 7 heteroatoms. The Balaban J connectivity index is 1.66. The largest absolute Gasteiger partial charge is 0.478 e. The van der Waals surface area contributed by atoms with E-state index in [4.69, 9.17) is 12.2 Å². The predicted molar refractivity (Wildman–Crippen MR) is 132 cm³/mol. The van der Waals surface area contributed by atoms with Crippen LogP contribution in [0.5, 0.6) is 0 Å². The Labute approximate surface area is 199 Å². The van der Waals surface area contributed by atoms with E-state index in [0.29, 0.717) is 17.3 Å². The first kappa shape index (κ1) is 21.6. The zero-order chi connectivity index (χ0) is 23.1. The van der Waals surface area contributed by atoms with Crippen molar-refractivity contribution in [1.82, 2.24) is 19.8 Å². The zero-order valence-electron chi connectivity index (χ0n) is 18.9. The Morgan fingerprint density at radius 3 is 2.55 bits per heavy atom. The minimum absolute atomic E-state index is 0.00700. The Bertz CT molecular complexity index is 1200. The van der Waals surface area contributed by atoms with Crippen molar-refractivity contribution in [3.8, 4) is 5.69 Å². The molecular formula is C26H28N4O2S. The van der Waals surface area contributed by atoms with Gasteiger partial charge in [0.05, 0.1) is 29.0 Å². The van der Waals surface area contributed by atoms with Gasteiger partial charge in [-0.15, -0.1) is 0 Å². The molecule has 2 N–H and O–H groups in total. The Hall–Kier alpha value is -3.19. The predicted octanol–water partition coefficient (Wildman–Crippen LogP) is 5.10. The number of carbonyl (C=O) groups is 1. The van der Waals surface area contributed by atoms with E-state index < -0.39 is 5.97 Å². The van der Waals surface area contributed by atoms with Crippen molar-refractivity contribution in [3.05, 3.63) is 82.9 Å². The summed E-state index contributed by atoms with van der Waals surface area (Å²) in [7, 11) is 0. The van der Waals surface area contributed by atoms with Gasteiger partial charge in [-0.25, -0.2) is 4.79 Å². The quantitative estimate of drug-likeness (QED) is 0.516. The number of hydrogen-bond donors (Lipinski definition) is 2. The average Bonchev–Trinajstić information content (AvgIpc) is 3.52. The molecule has 3 aromatic rings. The van der Waals surface area contributed by atoms with Crippen molar-refractivity contribution < 1.29 is 9.90 Å². The van der Waals surface area contributed by atoms with Gasteiger partial charge in [0.1, 0.15) is 0 Å². The van der Waals surface area contributed by atoms with Crippen molar-refractivity contribution in [3.63, 3.8) is 0 Å². The van der Waals surface area contributed by atoms with Gasteiger partial charge in [0.25, 0.3) is 0 Å². The standard InChI is InChI=1S/C26H28N4O2S/c1-16-15-20(17(2)29(16)22-13-6-5-11-19(22)25(31)32)24-23(21-12-7-8-14-27-21)28-26(33)30(24)18-9-3-4-10-18/h5-8,11-15,18,23-24H,3-4,9-10H2,1-2H3,(H,28,33)(H,31,32). The summed E-state index contributed by atoms with van der Waals surface area (Å²) in [5.74, 6) is -0.928. The second kappa shape index (κ2) is 8.63. The van der Waals surface area contributed by atoms with E-state index in [1.807, 2.05) is 43.5 Å². The normalized spacial score (nSPS) is 20.9. The second-order valence-electron chi connectivity index (χ2n) is 8.96. The van der Waals surface area contributed by atoms with E-state index in [9.17, 15) is 9.90 Å². The molecule has 0 amide bonds. The van der Waals surface area contributed by atoms with Crippen LogP contribution in [-0.2, 0) is 0 Å². The van der Waals surface area contributed by atoms with Gasteiger partial charge in [-0.2, -0.15) is 0 Å². The molecule has 6 nitrogen and oxygen atoms in total. The Morgan fingerprint density at radius 2 is 1.85 bits per heavy atom. The number of benzene rings is 1. The molecule has 0 radical (unpaired) electrons. The number of para-hydroxylation sites is 1. The van der Waals surface area contributed by atoms with Crippen LogP contribution in [0.25, 0.3) is 5.69 Å². The van der Waals surface area contributed by atoms with Crippen molar-refractivity contribution in [2.45, 2.75) is 57.7 Å². The fourth-order valence-electron chi connectivity index (χ4n) is 5.58. The van der Waals surface area contributed by atoms with Crippen molar-refractivity contribution in [1.29, 1.82) is 0 Å². The van der Waals surface area contributed by atoms with Crippen LogP contribution in [-0.4, -0.2) is 36.7 Å². The van der Waals surface area contributed by atoms with E-state index in [0.717, 1.165) is 40.6 Å². The number of aromatic carboxylic acids is 1. The molecule has 1 aliphatic carbocycles. The lowest BCUT2D eigenvalue weighted by molar-refractivity contribution is 0.0697. The summed E-state index contributed by atoms with van der Waals surface area (Å²) < 4.78 is 2.06. The highest BCUT2D eigenvalue weighted by molar-refractivity contribution is 7.80. The topological polar surface area (TPSA) is 70.4 Å². The first-order valence-electron chi connectivity index (χ1n) is 11.5. The first-order valence-corrected chi connectivity index (χ1v) is 11.9. The molecule has 5 rings (SSSR count). The molecule has 170 valence electrons. The summed E-state index contributed by atoms with van der Waals surface area (Å²) in [6, 6.07) is 15.7. The van der Waals surface area contributed by atoms with E-state index in [1.165, 1.54) is 12.8 Å². The van der Waals surface area contributed by atoms with Crippen LogP contribution in [0.2, 0.25) is 0 Å². The average molecular weight is 461 g/mol. The van der Waals surface area contributed by atoms with Crippen molar-refractivity contribution in [2.24, 2.45) is 0 Å². The number of nitrogens with one attached hydrogen (secondary N) is 1. The van der Waals surface area contributed by atoms with Crippen LogP contribution in [0.1, 0.15) is 70.8 Å². The summed E-state index contributed by atoms with van der Waals surface area (Å²) >= 11 is 5.87. The maximum Gasteiger partial charge on any atom is 0.337 e. The van der Waals surface area contributed by atoms with Gasteiger partial charge in [-0.1, -0.05) is 31.0 Å². The van der Waals surface area contributed by atoms with Gasteiger partial charge in [-0.05, 0) is 74.8 Å². The molecule has 2 fully saturated rings. The molecule has 0 spiro atoms. The first-order chi connectivity index (χ1) is 16.0. The smallest absolute Gasteiger partial charge is 0.337 e. The molecule has 0 bridgehead atoms. The molecule has 3 heterocycles. The van der Waals surface area contributed by atoms with E-state index in [-0.39, 0.29) is 12.1 Å². The molecule has 1 aliphatic heterocycles.